The summed E-state index contributed by atoms with van der Waals surface area (Å²) in [4.78, 5) is 10.6. The number of aromatic amines is 2. The van der Waals surface area contributed by atoms with Crippen LogP contribution in [0.25, 0.3) is 17.1 Å². The van der Waals surface area contributed by atoms with E-state index in [0.717, 1.165) is 54.6 Å². The second kappa shape index (κ2) is 6.97. The molecule has 0 aliphatic carbocycles. The Morgan fingerprint density at radius 3 is 3.04 bits per heavy atom. The smallest absolute Gasteiger partial charge is 0.141 e. The van der Waals surface area contributed by atoms with E-state index in [1.54, 1.807) is 19.5 Å². The SMILES string of the molecule is COc1ccc(-n2cccn2)c(CN2CCc3nc(-c4cn[nH]c4)[nH]c3C2)c1. The lowest BCUT2D eigenvalue weighted by molar-refractivity contribution is 0.241. The van der Waals surface area contributed by atoms with E-state index in [9.17, 15) is 0 Å². The summed E-state index contributed by atoms with van der Waals surface area (Å²) in [5.74, 6) is 1.73. The Kier molecular flexibility index (Phi) is 4.17. The minimum absolute atomic E-state index is 0.811. The van der Waals surface area contributed by atoms with E-state index in [1.165, 1.54) is 11.3 Å². The third-order valence-corrected chi connectivity index (χ3v) is 5.11. The van der Waals surface area contributed by atoms with Gasteiger partial charge in [0.05, 0.1) is 35.9 Å². The molecule has 0 saturated heterocycles. The van der Waals surface area contributed by atoms with Crippen LogP contribution in [0.5, 0.6) is 5.75 Å². The van der Waals surface area contributed by atoms with Crippen molar-refractivity contribution in [2.24, 2.45) is 0 Å². The number of hydrogen-bond acceptors (Lipinski definition) is 5. The molecule has 1 aliphatic rings. The summed E-state index contributed by atoms with van der Waals surface area (Å²) in [6.07, 6.45) is 8.32. The number of methoxy groups -OCH3 is 1. The summed E-state index contributed by atoms with van der Waals surface area (Å²) < 4.78 is 7.34. The Labute approximate surface area is 162 Å². The summed E-state index contributed by atoms with van der Waals surface area (Å²) in [7, 11) is 1.70. The van der Waals surface area contributed by atoms with Crippen molar-refractivity contribution in [3.8, 4) is 22.8 Å². The van der Waals surface area contributed by atoms with Crippen LogP contribution in [0, 0.1) is 0 Å². The van der Waals surface area contributed by atoms with Gasteiger partial charge in [0.2, 0.25) is 0 Å². The first-order chi connectivity index (χ1) is 13.8. The molecule has 0 amide bonds. The molecule has 28 heavy (non-hydrogen) atoms. The fourth-order valence-corrected chi connectivity index (χ4v) is 3.69. The Balaban J connectivity index is 1.40. The number of H-pyrrole nitrogens is 2. The molecule has 5 rings (SSSR count). The van der Waals surface area contributed by atoms with E-state index < -0.39 is 0 Å². The minimum Gasteiger partial charge on any atom is -0.497 e. The summed E-state index contributed by atoms with van der Waals surface area (Å²) in [6.45, 7) is 2.60. The zero-order valence-corrected chi connectivity index (χ0v) is 15.6. The number of aromatic nitrogens is 6. The van der Waals surface area contributed by atoms with Crippen molar-refractivity contribution in [3.05, 3.63) is 66.0 Å². The van der Waals surface area contributed by atoms with E-state index >= 15 is 0 Å². The lowest BCUT2D eigenvalue weighted by atomic mass is 10.1. The van der Waals surface area contributed by atoms with Gasteiger partial charge in [-0.2, -0.15) is 10.2 Å². The van der Waals surface area contributed by atoms with Crippen molar-refractivity contribution >= 4 is 0 Å². The molecular weight excluding hydrogens is 354 g/mol. The Morgan fingerprint density at radius 2 is 2.25 bits per heavy atom. The molecule has 0 saturated carbocycles. The van der Waals surface area contributed by atoms with Crippen LogP contribution in [-0.2, 0) is 19.5 Å². The van der Waals surface area contributed by atoms with Crippen LogP contribution in [0.2, 0.25) is 0 Å². The van der Waals surface area contributed by atoms with Gasteiger partial charge in [-0.15, -0.1) is 0 Å². The summed E-state index contributed by atoms with van der Waals surface area (Å²) in [5, 5.41) is 11.2. The molecule has 4 heterocycles. The first-order valence-electron chi connectivity index (χ1n) is 9.26. The standard InChI is InChI=1S/C20H21N7O/c1-28-16-3-4-19(27-7-2-6-23-27)14(9-16)12-26-8-5-17-18(13-26)25-20(24-17)15-10-21-22-11-15/h2-4,6-7,9-11H,5,8,12-13H2,1H3,(H,21,22)(H,24,25). The van der Waals surface area contributed by atoms with E-state index in [2.05, 4.69) is 37.3 Å². The average molecular weight is 375 g/mol. The molecule has 0 fully saturated rings. The fraction of sp³-hybridized carbons (Fsp3) is 0.250. The Bertz CT molecular complexity index is 1070. The molecule has 1 aromatic carbocycles. The predicted molar refractivity (Wildman–Crippen MR) is 104 cm³/mol. The quantitative estimate of drug-likeness (QED) is 0.560. The van der Waals surface area contributed by atoms with E-state index in [0.29, 0.717) is 0 Å². The topological polar surface area (TPSA) is 87.7 Å². The van der Waals surface area contributed by atoms with E-state index in [4.69, 9.17) is 9.72 Å². The first kappa shape index (κ1) is 16.8. The number of rotatable bonds is 5. The molecule has 0 unspecified atom stereocenters. The van der Waals surface area contributed by atoms with Crippen LogP contribution in [0.4, 0.5) is 0 Å². The number of nitrogens with zero attached hydrogens (tertiary/aromatic N) is 5. The normalized spacial score (nSPS) is 14.2. The average Bonchev–Trinajstić information content (AvgIpc) is 3.48. The van der Waals surface area contributed by atoms with Crippen molar-refractivity contribution in [1.82, 2.24) is 34.8 Å². The first-order valence-corrected chi connectivity index (χ1v) is 9.26. The van der Waals surface area contributed by atoms with Gasteiger partial charge in [-0.25, -0.2) is 9.67 Å². The number of nitrogens with one attached hydrogen (secondary N) is 2. The largest absolute Gasteiger partial charge is 0.497 e. The maximum Gasteiger partial charge on any atom is 0.141 e. The highest BCUT2D eigenvalue weighted by Gasteiger charge is 2.22. The van der Waals surface area contributed by atoms with Gasteiger partial charge in [0, 0.05) is 44.6 Å². The van der Waals surface area contributed by atoms with E-state index in [-0.39, 0.29) is 0 Å². The number of benzene rings is 1. The van der Waals surface area contributed by atoms with E-state index in [1.807, 2.05) is 29.2 Å². The second-order valence-electron chi connectivity index (χ2n) is 6.90. The van der Waals surface area contributed by atoms with Gasteiger partial charge in [-0.1, -0.05) is 0 Å². The number of fused-ring (bicyclic) bond motifs is 1. The second-order valence-corrected chi connectivity index (χ2v) is 6.90. The maximum atomic E-state index is 5.44. The molecule has 8 nitrogen and oxygen atoms in total. The summed E-state index contributed by atoms with van der Waals surface area (Å²) >= 11 is 0. The zero-order chi connectivity index (χ0) is 18.9. The predicted octanol–water partition coefficient (Wildman–Crippen LogP) is 2.55. The van der Waals surface area contributed by atoms with Crippen molar-refractivity contribution in [3.63, 3.8) is 0 Å². The molecule has 4 aromatic rings. The summed E-state index contributed by atoms with van der Waals surface area (Å²) in [6, 6.07) is 8.06. The van der Waals surface area contributed by atoms with Gasteiger partial charge in [-0.3, -0.25) is 10.00 Å². The third kappa shape index (κ3) is 3.07. The highest BCUT2D eigenvalue weighted by atomic mass is 16.5. The van der Waals surface area contributed by atoms with Crippen LogP contribution >= 0.6 is 0 Å². The van der Waals surface area contributed by atoms with Gasteiger partial charge >= 0.3 is 0 Å². The van der Waals surface area contributed by atoms with Crippen LogP contribution in [0.15, 0.2) is 49.1 Å². The van der Waals surface area contributed by atoms with Gasteiger partial charge in [0.25, 0.3) is 0 Å². The molecule has 0 atom stereocenters. The molecular formula is C20H21N7O. The fourth-order valence-electron chi connectivity index (χ4n) is 3.69. The number of hydrogen-bond donors (Lipinski definition) is 2. The Hall–Kier alpha value is -3.39. The van der Waals surface area contributed by atoms with Crippen molar-refractivity contribution in [2.45, 2.75) is 19.5 Å². The molecule has 0 spiro atoms. The van der Waals surface area contributed by atoms with Gasteiger partial charge in [-0.05, 0) is 29.8 Å². The molecule has 0 bridgehead atoms. The van der Waals surface area contributed by atoms with Crippen LogP contribution in [0.3, 0.4) is 0 Å². The number of ether oxygens (including phenoxy) is 1. The lowest BCUT2D eigenvalue weighted by Crippen LogP contribution is -2.30. The molecule has 1 aliphatic heterocycles. The van der Waals surface area contributed by atoms with Crippen LogP contribution in [0.1, 0.15) is 17.0 Å². The summed E-state index contributed by atoms with van der Waals surface area (Å²) in [5.41, 5.74) is 5.55. The molecule has 0 radical (unpaired) electrons. The maximum absolute atomic E-state index is 5.44. The van der Waals surface area contributed by atoms with Crippen molar-refractivity contribution < 1.29 is 4.74 Å². The van der Waals surface area contributed by atoms with Gasteiger partial charge in [0.15, 0.2) is 0 Å². The molecule has 142 valence electrons. The lowest BCUT2D eigenvalue weighted by Gasteiger charge is -2.27. The molecule has 2 N–H and O–H groups in total. The van der Waals surface area contributed by atoms with Crippen molar-refractivity contribution in [1.29, 1.82) is 0 Å². The zero-order valence-electron chi connectivity index (χ0n) is 15.6. The highest BCUT2D eigenvalue weighted by Crippen LogP contribution is 2.26. The highest BCUT2D eigenvalue weighted by molar-refractivity contribution is 5.53. The Morgan fingerprint density at radius 1 is 1.29 bits per heavy atom. The third-order valence-electron chi connectivity index (χ3n) is 5.11. The minimum atomic E-state index is 0.811. The molecule has 3 aromatic heterocycles. The van der Waals surface area contributed by atoms with Crippen LogP contribution < -0.4 is 4.74 Å². The number of imidazole rings is 1. The van der Waals surface area contributed by atoms with Gasteiger partial charge in [0.1, 0.15) is 11.6 Å². The van der Waals surface area contributed by atoms with Gasteiger partial charge < -0.3 is 9.72 Å². The molecule has 8 heteroatoms. The van der Waals surface area contributed by atoms with Crippen molar-refractivity contribution in [2.75, 3.05) is 13.7 Å². The monoisotopic (exact) mass is 375 g/mol. The van der Waals surface area contributed by atoms with Crippen LogP contribution in [-0.4, -0.2) is 48.5 Å².